The highest BCUT2D eigenvalue weighted by Crippen LogP contribution is 2.23. The van der Waals surface area contributed by atoms with Gasteiger partial charge in [0, 0.05) is 13.3 Å². The van der Waals surface area contributed by atoms with E-state index in [1.165, 1.54) is 0 Å². The van der Waals surface area contributed by atoms with Gasteiger partial charge in [-0.2, -0.15) is 5.10 Å². The van der Waals surface area contributed by atoms with Crippen molar-refractivity contribution in [3.63, 3.8) is 0 Å². The van der Waals surface area contributed by atoms with Crippen LogP contribution in [0.1, 0.15) is 5.69 Å². The van der Waals surface area contributed by atoms with Crippen LogP contribution in [0.4, 0.5) is 5.69 Å². The molecule has 1 N–H and O–H groups in total. The molecule has 2 aromatic rings. The molecule has 0 aliphatic rings. The van der Waals surface area contributed by atoms with Crippen LogP contribution in [0.5, 0.6) is 5.75 Å². The zero-order chi connectivity index (χ0) is 12.8. The van der Waals surface area contributed by atoms with Gasteiger partial charge in [-0.1, -0.05) is 12.1 Å². The van der Waals surface area contributed by atoms with E-state index in [2.05, 4.69) is 10.4 Å². The maximum absolute atomic E-state index is 5.28. The van der Waals surface area contributed by atoms with Gasteiger partial charge in [-0.3, -0.25) is 0 Å². The normalized spacial score (nSPS) is 10.3. The van der Waals surface area contributed by atoms with E-state index in [9.17, 15) is 0 Å². The van der Waals surface area contributed by atoms with E-state index in [0.29, 0.717) is 13.3 Å². The van der Waals surface area contributed by atoms with Crippen molar-refractivity contribution in [1.29, 1.82) is 0 Å². The second kappa shape index (κ2) is 6.07. The third kappa shape index (κ3) is 2.81. The van der Waals surface area contributed by atoms with Crippen molar-refractivity contribution in [2.24, 2.45) is 0 Å². The first-order valence-electron chi connectivity index (χ1n) is 5.71. The first kappa shape index (κ1) is 12.4. The second-order valence-corrected chi connectivity index (χ2v) is 3.79. The lowest BCUT2D eigenvalue weighted by Gasteiger charge is -2.11. The summed E-state index contributed by atoms with van der Waals surface area (Å²) in [5.74, 6) is 0.829. The lowest BCUT2D eigenvalue weighted by Crippen LogP contribution is -2.10. The van der Waals surface area contributed by atoms with Gasteiger partial charge >= 0.3 is 0 Å². The SMILES string of the molecule is COCn1nccc1CNc1ccccc1OC. The molecule has 0 aliphatic carbocycles. The number of nitrogens with zero attached hydrogens (tertiary/aromatic N) is 2. The number of hydrogen-bond donors (Lipinski definition) is 1. The van der Waals surface area contributed by atoms with Crippen LogP contribution in [0.3, 0.4) is 0 Å². The largest absolute Gasteiger partial charge is 0.495 e. The molecule has 0 saturated heterocycles. The molecule has 2 rings (SSSR count). The van der Waals surface area contributed by atoms with Gasteiger partial charge in [-0.05, 0) is 18.2 Å². The quantitative estimate of drug-likeness (QED) is 0.849. The Balaban J connectivity index is 2.04. The van der Waals surface area contributed by atoms with Gasteiger partial charge in [-0.25, -0.2) is 4.68 Å². The van der Waals surface area contributed by atoms with Gasteiger partial charge in [0.05, 0.1) is 25.0 Å². The van der Waals surface area contributed by atoms with Crippen LogP contribution in [-0.4, -0.2) is 24.0 Å². The summed E-state index contributed by atoms with van der Waals surface area (Å²) in [6, 6.07) is 9.78. The fourth-order valence-electron chi connectivity index (χ4n) is 1.73. The molecule has 0 unspecified atom stereocenters. The smallest absolute Gasteiger partial charge is 0.141 e. The van der Waals surface area contributed by atoms with Gasteiger partial charge in [-0.15, -0.1) is 0 Å². The number of para-hydroxylation sites is 2. The zero-order valence-corrected chi connectivity index (χ0v) is 10.6. The van der Waals surface area contributed by atoms with E-state index in [-0.39, 0.29) is 0 Å². The van der Waals surface area contributed by atoms with E-state index in [4.69, 9.17) is 9.47 Å². The van der Waals surface area contributed by atoms with Crippen LogP contribution in [-0.2, 0) is 18.0 Å². The van der Waals surface area contributed by atoms with E-state index < -0.39 is 0 Å². The molecule has 18 heavy (non-hydrogen) atoms. The predicted octanol–water partition coefficient (Wildman–Crippen LogP) is 2.11. The highest BCUT2D eigenvalue weighted by atomic mass is 16.5. The van der Waals surface area contributed by atoms with Crippen molar-refractivity contribution in [1.82, 2.24) is 9.78 Å². The number of rotatable bonds is 6. The molecule has 5 nitrogen and oxygen atoms in total. The van der Waals surface area contributed by atoms with Crippen LogP contribution in [0, 0.1) is 0 Å². The summed E-state index contributed by atoms with van der Waals surface area (Å²) < 4.78 is 12.2. The van der Waals surface area contributed by atoms with E-state index in [1.807, 2.05) is 35.0 Å². The molecule has 1 aromatic carbocycles. The molecular weight excluding hydrogens is 230 g/mol. The Hall–Kier alpha value is -2.01. The van der Waals surface area contributed by atoms with Crippen molar-refractivity contribution in [2.75, 3.05) is 19.5 Å². The molecule has 1 aromatic heterocycles. The van der Waals surface area contributed by atoms with Crippen LogP contribution in [0.2, 0.25) is 0 Å². The topological polar surface area (TPSA) is 48.3 Å². The number of aromatic nitrogens is 2. The highest BCUT2D eigenvalue weighted by Gasteiger charge is 2.04. The van der Waals surface area contributed by atoms with E-state index >= 15 is 0 Å². The molecule has 0 saturated carbocycles. The molecule has 1 heterocycles. The zero-order valence-electron chi connectivity index (χ0n) is 10.6. The molecule has 0 spiro atoms. The van der Waals surface area contributed by atoms with E-state index in [0.717, 1.165) is 17.1 Å². The summed E-state index contributed by atoms with van der Waals surface area (Å²) in [6.07, 6.45) is 1.76. The molecule has 96 valence electrons. The minimum Gasteiger partial charge on any atom is -0.495 e. The Morgan fingerprint density at radius 1 is 1.22 bits per heavy atom. The second-order valence-electron chi connectivity index (χ2n) is 3.79. The maximum Gasteiger partial charge on any atom is 0.141 e. The molecule has 5 heteroatoms. The minimum atomic E-state index is 0.454. The van der Waals surface area contributed by atoms with Crippen molar-refractivity contribution < 1.29 is 9.47 Å². The summed E-state index contributed by atoms with van der Waals surface area (Å²) in [5, 5.41) is 7.51. The third-order valence-electron chi connectivity index (χ3n) is 2.62. The molecule has 0 radical (unpaired) electrons. The lowest BCUT2D eigenvalue weighted by molar-refractivity contribution is 0.118. The average molecular weight is 247 g/mol. The van der Waals surface area contributed by atoms with Gasteiger partial charge in [0.15, 0.2) is 0 Å². The first-order valence-corrected chi connectivity index (χ1v) is 5.71. The van der Waals surface area contributed by atoms with Gasteiger partial charge in [0.25, 0.3) is 0 Å². The molecule has 0 bridgehead atoms. The third-order valence-corrected chi connectivity index (χ3v) is 2.62. The Morgan fingerprint density at radius 3 is 2.83 bits per heavy atom. The Bertz CT molecular complexity index is 496. The van der Waals surface area contributed by atoms with Gasteiger partial charge in [0.1, 0.15) is 12.5 Å². The number of ether oxygens (including phenoxy) is 2. The summed E-state index contributed by atoms with van der Waals surface area (Å²) in [5.41, 5.74) is 2.02. The number of benzene rings is 1. The van der Waals surface area contributed by atoms with Crippen molar-refractivity contribution in [2.45, 2.75) is 13.3 Å². The molecule has 0 fully saturated rings. The average Bonchev–Trinajstić information content (AvgIpc) is 2.84. The monoisotopic (exact) mass is 247 g/mol. The summed E-state index contributed by atoms with van der Waals surface area (Å²) >= 11 is 0. The van der Waals surface area contributed by atoms with E-state index in [1.54, 1.807) is 20.4 Å². The first-order chi connectivity index (χ1) is 8.85. The fourth-order valence-corrected chi connectivity index (χ4v) is 1.73. The predicted molar refractivity (Wildman–Crippen MR) is 69.6 cm³/mol. The number of methoxy groups -OCH3 is 2. The van der Waals surface area contributed by atoms with Crippen LogP contribution in [0.15, 0.2) is 36.5 Å². The number of anilines is 1. The Morgan fingerprint density at radius 2 is 2.06 bits per heavy atom. The highest BCUT2D eigenvalue weighted by molar-refractivity contribution is 5.56. The van der Waals surface area contributed by atoms with Crippen LogP contribution < -0.4 is 10.1 Å². The summed E-state index contributed by atoms with van der Waals surface area (Å²) in [4.78, 5) is 0. The number of nitrogens with one attached hydrogen (secondary N) is 1. The molecule has 0 amide bonds. The molecular formula is C13H17N3O2. The molecule has 0 aliphatic heterocycles. The minimum absolute atomic E-state index is 0.454. The summed E-state index contributed by atoms with van der Waals surface area (Å²) in [6.45, 7) is 1.12. The molecule has 0 atom stereocenters. The Kier molecular flexibility index (Phi) is 4.20. The van der Waals surface area contributed by atoms with Gasteiger partial charge in [0.2, 0.25) is 0 Å². The standard InChI is InChI=1S/C13H17N3O2/c1-17-10-16-11(7-8-15-16)9-14-12-5-3-4-6-13(12)18-2/h3-8,14H,9-10H2,1-2H3. The van der Waals surface area contributed by atoms with Crippen molar-refractivity contribution in [3.05, 3.63) is 42.2 Å². The fraction of sp³-hybridized carbons (Fsp3) is 0.308. The Labute approximate surface area is 106 Å². The number of hydrogen-bond acceptors (Lipinski definition) is 4. The van der Waals surface area contributed by atoms with Crippen molar-refractivity contribution in [3.8, 4) is 5.75 Å². The van der Waals surface area contributed by atoms with Crippen LogP contribution >= 0.6 is 0 Å². The van der Waals surface area contributed by atoms with Crippen molar-refractivity contribution >= 4 is 5.69 Å². The maximum atomic E-state index is 5.28. The van der Waals surface area contributed by atoms with Crippen LogP contribution in [0.25, 0.3) is 0 Å². The lowest BCUT2D eigenvalue weighted by atomic mass is 10.3. The van der Waals surface area contributed by atoms with Gasteiger partial charge < -0.3 is 14.8 Å². The summed E-state index contributed by atoms with van der Waals surface area (Å²) in [7, 11) is 3.31.